The third kappa shape index (κ3) is 3.96. The van der Waals surface area contributed by atoms with E-state index in [1.165, 1.54) is 0 Å². The van der Waals surface area contributed by atoms with Crippen LogP contribution in [-0.2, 0) is 11.3 Å². The second-order valence-electron chi connectivity index (χ2n) is 8.11. The van der Waals surface area contributed by atoms with Crippen molar-refractivity contribution in [3.05, 3.63) is 89.2 Å². The Hall–Kier alpha value is -3.31. The van der Waals surface area contributed by atoms with E-state index >= 15 is 0 Å². The molecule has 1 saturated heterocycles. The number of rotatable bonds is 6. The summed E-state index contributed by atoms with van der Waals surface area (Å²) in [6.07, 6.45) is 0.425. The van der Waals surface area contributed by atoms with Crippen LogP contribution in [0.2, 0.25) is 5.02 Å². The number of imidazole rings is 1. The second-order valence-corrected chi connectivity index (χ2v) is 8.52. The average molecular weight is 446 g/mol. The Balaban J connectivity index is 1.41. The van der Waals surface area contributed by atoms with Crippen molar-refractivity contribution in [2.45, 2.75) is 25.8 Å². The molecule has 0 spiro atoms. The number of anilines is 1. The molecule has 1 fully saturated rings. The second kappa shape index (κ2) is 8.67. The van der Waals surface area contributed by atoms with Crippen LogP contribution in [0, 0.1) is 6.92 Å². The number of fused-ring (bicyclic) bond motifs is 1. The molecule has 162 valence electrons. The van der Waals surface area contributed by atoms with Crippen molar-refractivity contribution in [2.24, 2.45) is 0 Å². The van der Waals surface area contributed by atoms with Gasteiger partial charge in [-0.3, -0.25) is 4.79 Å². The van der Waals surface area contributed by atoms with Gasteiger partial charge in [0.25, 0.3) is 0 Å². The number of halogens is 1. The van der Waals surface area contributed by atoms with Gasteiger partial charge in [0.1, 0.15) is 18.2 Å². The fraction of sp³-hybridized carbons (Fsp3) is 0.231. The molecule has 2 heterocycles. The Labute approximate surface area is 192 Å². The van der Waals surface area contributed by atoms with Gasteiger partial charge in [0.15, 0.2) is 0 Å². The summed E-state index contributed by atoms with van der Waals surface area (Å²) >= 11 is 6.31. The van der Waals surface area contributed by atoms with Gasteiger partial charge in [-0.15, -0.1) is 0 Å². The lowest BCUT2D eigenvalue weighted by Crippen LogP contribution is -2.24. The smallest absolute Gasteiger partial charge is 0.227 e. The lowest BCUT2D eigenvalue weighted by atomic mass is 10.1. The number of hydrogen-bond acceptors (Lipinski definition) is 3. The Morgan fingerprint density at radius 1 is 1.06 bits per heavy atom. The monoisotopic (exact) mass is 445 g/mol. The molecule has 3 aromatic carbocycles. The minimum absolute atomic E-state index is 0.00621. The summed E-state index contributed by atoms with van der Waals surface area (Å²) in [4.78, 5) is 19.6. The zero-order valence-corrected chi connectivity index (χ0v) is 18.6. The van der Waals surface area contributed by atoms with Crippen molar-refractivity contribution >= 4 is 34.2 Å². The van der Waals surface area contributed by atoms with E-state index in [-0.39, 0.29) is 11.8 Å². The van der Waals surface area contributed by atoms with E-state index in [4.69, 9.17) is 21.3 Å². The summed E-state index contributed by atoms with van der Waals surface area (Å²) in [5.41, 5.74) is 3.83. The number of ether oxygens (including phenoxy) is 1. The molecule has 6 heteroatoms. The number of nitrogens with zero attached hydrogens (tertiary/aromatic N) is 3. The van der Waals surface area contributed by atoms with Gasteiger partial charge in [0.2, 0.25) is 5.91 Å². The molecule has 0 aliphatic carbocycles. The van der Waals surface area contributed by atoms with E-state index < -0.39 is 0 Å². The first-order valence-electron chi connectivity index (χ1n) is 10.8. The van der Waals surface area contributed by atoms with Crippen LogP contribution in [0.5, 0.6) is 5.75 Å². The summed E-state index contributed by atoms with van der Waals surface area (Å²) < 4.78 is 8.14. The maximum absolute atomic E-state index is 12.9. The highest BCUT2D eigenvalue weighted by molar-refractivity contribution is 6.31. The normalized spacial score (nSPS) is 16.1. The van der Waals surface area contributed by atoms with E-state index in [1.807, 2.05) is 78.6 Å². The van der Waals surface area contributed by atoms with Gasteiger partial charge in [0.05, 0.1) is 17.6 Å². The van der Waals surface area contributed by atoms with Gasteiger partial charge in [0, 0.05) is 29.6 Å². The van der Waals surface area contributed by atoms with Crippen molar-refractivity contribution in [3.63, 3.8) is 0 Å². The van der Waals surface area contributed by atoms with Crippen molar-refractivity contribution < 1.29 is 9.53 Å². The van der Waals surface area contributed by atoms with Crippen LogP contribution >= 0.6 is 11.6 Å². The van der Waals surface area contributed by atoms with E-state index in [9.17, 15) is 4.79 Å². The van der Waals surface area contributed by atoms with Gasteiger partial charge in [-0.25, -0.2) is 4.98 Å². The summed E-state index contributed by atoms with van der Waals surface area (Å²) in [5.74, 6) is 1.87. The lowest BCUT2D eigenvalue weighted by molar-refractivity contribution is -0.117. The molecule has 1 atom stereocenters. The molecule has 5 rings (SSSR count). The molecule has 0 radical (unpaired) electrons. The van der Waals surface area contributed by atoms with Crippen molar-refractivity contribution in [1.29, 1.82) is 0 Å². The molecule has 1 amide bonds. The maximum atomic E-state index is 12.9. The number of benzene rings is 3. The first kappa shape index (κ1) is 20.6. The fourth-order valence-corrected chi connectivity index (χ4v) is 4.47. The number of aryl methyl sites for hydroxylation is 1. The van der Waals surface area contributed by atoms with E-state index in [0.717, 1.165) is 33.9 Å². The quantitative estimate of drug-likeness (QED) is 0.388. The van der Waals surface area contributed by atoms with E-state index in [2.05, 4.69) is 10.6 Å². The largest absolute Gasteiger partial charge is 0.492 e. The number of carbonyl (C=O) groups excluding carboxylic acids is 1. The van der Waals surface area contributed by atoms with Crippen molar-refractivity contribution in [3.8, 4) is 5.75 Å². The Kier molecular flexibility index (Phi) is 5.58. The number of carbonyl (C=O) groups is 1. The molecule has 1 aliphatic heterocycles. The average Bonchev–Trinajstić information content (AvgIpc) is 3.37. The molecule has 0 saturated carbocycles. The van der Waals surface area contributed by atoms with Crippen LogP contribution in [0.15, 0.2) is 72.8 Å². The first-order valence-corrected chi connectivity index (χ1v) is 11.2. The lowest BCUT2D eigenvalue weighted by Gasteiger charge is -2.18. The molecular weight excluding hydrogens is 422 g/mol. The first-order chi connectivity index (χ1) is 15.6. The third-order valence-electron chi connectivity index (χ3n) is 5.97. The number of amides is 1. The number of hydrogen-bond donors (Lipinski definition) is 0. The zero-order chi connectivity index (χ0) is 22.1. The summed E-state index contributed by atoms with van der Waals surface area (Å²) in [6, 6.07) is 23.7. The Morgan fingerprint density at radius 2 is 1.84 bits per heavy atom. The number of para-hydroxylation sites is 3. The molecule has 1 aliphatic rings. The molecule has 4 aromatic rings. The molecule has 5 nitrogen and oxygen atoms in total. The molecule has 0 N–H and O–H groups in total. The number of aromatic nitrogens is 2. The summed E-state index contributed by atoms with van der Waals surface area (Å²) in [6.45, 7) is 3.72. The van der Waals surface area contributed by atoms with Gasteiger partial charge in [-0.2, -0.15) is 0 Å². The fourth-order valence-electron chi connectivity index (χ4n) is 4.29. The predicted molar refractivity (Wildman–Crippen MR) is 128 cm³/mol. The van der Waals surface area contributed by atoms with Crippen LogP contribution in [0.1, 0.15) is 23.7 Å². The van der Waals surface area contributed by atoms with Gasteiger partial charge >= 0.3 is 0 Å². The van der Waals surface area contributed by atoms with E-state index in [1.54, 1.807) is 0 Å². The van der Waals surface area contributed by atoms with Crippen LogP contribution < -0.4 is 9.64 Å². The molecular formula is C26H24ClN3O2. The van der Waals surface area contributed by atoms with Crippen molar-refractivity contribution in [1.82, 2.24) is 9.55 Å². The zero-order valence-electron chi connectivity index (χ0n) is 17.9. The standard InChI is InChI=1S/C26H24ClN3O2/c1-18-11-12-20(16-22(18)27)30-17-19(15-25(30)31)26-28-23-9-5-6-10-24(23)29(26)13-14-32-21-7-3-2-4-8-21/h2-12,16,19H,13-15,17H2,1H3/t19-/m1/s1. The van der Waals surface area contributed by atoms with Gasteiger partial charge < -0.3 is 14.2 Å². The minimum atomic E-state index is 0.00621. The van der Waals surface area contributed by atoms with Gasteiger partial charge in [-0.05, 0) is 48.9 Å². The molecule has 1 aromatic heterocycles. The molecule has 32 heavy (non-hydrogen) atoms. The topological polar surface area (TPSA) is 47.4 Å². The highest BCUT2D eigenvalue weighted by Gasteiger charge is 2.35. The van der Waals surface area contributed by atoms with Crippen molar-refractivity contribution in [2.75, 3.05) is 18.1 Å². The third-order valence-corrected chi connectivity index (χ3v) is 6.38. The summed E-state index contributed by atoms with van der Waals surface area (Å²) in [7, 11) is 0. The molecule has 0 unspecified atom stereocenters. The van der Waals surface area contributed by atoms with Crippen LogP contribution in [-0.4, -0.2) is 28.6 Å². The minimum Gasteiger partial charge on any atom is -0.492 e. The predicted octanol–water partition coefficient (Wildman–Crippen LogP) is 5.60. The van der Waals surface area contributed by atoms with E-state index in [0.29, 0.717) is 31.1 Å². The summed E-state index contributed by atoms with van der Waals surface area (Å²) in [5, 5.41) is 0.670. The maximum Gasteiger partial charge on any atom is 0.227 e. The van der Waals surface area contributed by atoms with Gasteiger partial charge in [-0.1, -0.05) is 48.0 Å². The van der Waals surface area contributed by atoms with Crippen LogP contribution in [0.25, 0.3) is 11.0 Å². The Bertz CT molecular complexity index is 1270. The highest BCUT2D eigenvalue weighted by Crippen LogP contribution is 2.34. The van der Waals surface area contributed by atoms with Crippen LogP contribution in [0.4, 0.5) is 5.69 Å². The Morgan fingerprint density at radius 3 is 2.66 bits per heavy atom. The highest BCUT2D eigenvalue weighted by atomic mass is 35.5. The van der Waals surface area contributed by atoms with Crippen LogP contribution in [0.3, 0.4) is 0 Å². The molecule has 0 bridgehead atoms. The SMILES string of the molecule is Cc1ccc(N2C[C@H](c3nc4ccccc4n3CCOc3ccccc3)CC2=O)cc1Cl.